The number of anilines is 1. The van der Waals surface area contributed by atoms with Gasteiger partial charge in [-0.15, -0.1) is 0 Å². The number of aromatic amines is 1. The fourth-order valence-electron chi connectivity index (χ4n) is 2.27. The lowest BCUT2D eigenvalue weighted by Gasteiger charge is -2.09. The van der Waals surface area contributed by atoms with E-state index in [-0.39, 0.29) is 29.6 Å². The van der Waals surface area contributed by atoms with Crippen LogP contribution in [0.2, 0.25) is 0 Å². The Morgan fingerprint density at radius 2 is 1.93 bits per heavy atom. The lowest BCUT2D eigenvalue weighted by Crippen LogP contribution is -2.32. The summed E-state index contributed by atoms with van der Waals surface area (Å²) in [6, 6.07) is 6.08. The summed E-state index contributed by atoms with van der Waals surface area (Å²) in [5.41, 5.74) is -0.859. The van der Waals surface area contributed by atoms with E-state index in [1.165, 1.54) is 43.0 Å². The van der Waals surface area contributed by atoms with Gasteiger partial charge in [0.2, 0.25) is 5.69 Å². The number of nitrogens with zero attached hydrogens (tertiary/aromatic N) is 1. The molecule has 0 bridgehead atoms. The van der Waals surface area contributed by atoms with Crippen LogP contribution in [0.15, 0.2) is 35.4 Å². The normalized spacial score (nSPS) is 12.0. The van der Waals surface area contributed by atoms with Crippen molar-refractivity contribution in [1.82, 2.24) is 9.29 Å². The van der Waals surface area contributed by atoms with Gasteiger partial charge in [-0.05, 0) is 24.3 Å². The summed E-state index contributed by atoms with van der Waals surface area (Å²) in [6.45, 7) is -0.0590. The molecule has 0 amide bonds. The van der Waals surface area contributed by atoms with E-state index < -0.39 is 27.9 Å². The lowest BCUT2D eigenvalue weighted by molar-refractivity contribution is -0.412. The molecule has 0 aliphatic rings. The zero-order valence-electron chi connectivity index (χ0n) is 14.4. The molecule has 8 nitrogen and oxygen atoms in total. The van der Waals surface area contributed by atoms with Crippen LogP contribution in [0.25, 0.3) is 0 Å². The Morgan fingerprint density at radius 1 is 1.22 bits per heavy atom. The maximum absolute atomic E-state index is 12.6. The summed E-state index contributed by atoms with van der Waals surface area (Å²) in [4.78, 5) is 13.7. The molecule has 0 radical (unpaired) electrons. The molecule has 2 rings (SSSR count). The molecule has 0 fully saturated rings. The zero-order valence-corrected chi connectivity index (χ0v) is 15.2. The van der Waals surface area contributed by atoms with Crippen molar-refractivity contribution in [1.29, 1.82) is 0 Å². The van der Waals surface area contributed by atoms with Crippen LogP contribution < -0.4 is 15.0 Å². The van der Waals surface area contributed by atoms with Crippen LogP contribution in [0.4, 0.5) is 19.0 Å². The third-order valence-corrected chi connectivity index (χ3v) is 5.12. The minimum Gasteiger partial charge on any atom is -0.464 e. The third kappa shape index (κ3) is 4.98. The predicted molar refractivity (Wildman–Crippen MR) is 88.4 cm³/mol. The number of esters is 1. The van der Waals surface area contributed by atoms with E-state index >= 15 is 0 Å². The van der Waals surface area contributed by atoms with E-state index in [4.69, 9.17) is 0 Å². The molecule has 27 heavy (non-hydrogen) atoms. The highest BCUT2D eigenvalue weighted by Crippen LogP contribution is 2.25. The van der Waals surface area contributed by atoms with E-state index in [2.05, 4.69) is 19.8 Å². The minimum atomic E-state index is -4.51. The minimum absolute atomic E-state index is 0.0331. The second-order valence-corrected chi connectivity index (χ2v) is 7.12. The van der Waals surface area contributed by atoms with Gasteiger partial charge in [-0.1, -0.05) is 0 Å². The number of halogens is 3. The maximum atomic E-state index is 12.6. The summed E-state index contributed by atoms with van der Waals surface area (Å²) in [5, 5.41) is 2.52. The number of H-pyrrole nitrogens is 1. The molecule has 0 saturated carbocycles. The molecular formula is C15H18F3N4O4S+. The lowest BCUT2D eigenvalue weighted by atomic mass is 10.3. The molecule has 0 unspecified atom stereocenters. The van der Waals surface area contributed by atoms with Crippen molar-refractivity contribution in [2.75, 3.05) is 25.5 Å². The van der Waals surface area contributed by atoms with Gasteiger partial charge in [-0.3, -0.25) is 5.32 Å². The van der Waals surface area contributed by atoms with E-state index in [9.17, 15) is 26.4 Å². The van der Waals surface area contributed by atoms with Crippen LogP contribution in [0, 0.1) is 0 Å². The number of sulfonamides is 1. The largest absolute Gasteiger partial charge is 0.464 e. The Kier molecular flexibility index (Phi) is 6.11. The van der Waals surface area contributed by atoms with Crippen molar-refractivity contribution in [3.8, 4) is 0 Å². The van der Waals surface area contributed by atoms with Gasteiger partial charge in [0.05, 0.1) is 13.7 Å². The van der Waals surface area contributed by atoms with Gasteiger partial charge in [0.1, 0.15) is 5.69 Å². The number of carbonyl (C=O) groups is 1. The molecule has 0 aliphatic heterocycles. The average molecular weight is 407 g/mol. The number of alkyl halides is 3. The van der Waals surface area contributed by atoms with E-state index in [0.717, 1.165) is 6.07 Å². The second-order valence-electron chi connectivity index (χ2n) is 5.41. The first kappa shape index (κ1) is 20.7. The van der Waals surface area contributed by atoms with Crippen molar-refractivity contribution >= 4 is 21.8 Å². The molecule has 12 heteroatoms. The van der Waals surface area contributed by atoms with Crippen LogP contribution in [0.1, 0.15) is 16.2 Å². The Morgan fingerprint density at radius 3 is 2.56 bits per heavy atom. The highest BCUT2D eigenvalue weighted by atomic mass is 32.2. The molecule has 0 aliphatic carbocycles. The Hall–Kier alpha value is -2.60. The monoisotopic (exact) mass is 407 g/mol. The van der Waals surface area contributed by atoms with Crippen LogP contribution in [-0.4, -0.2) is 39.2 Å². The topological polar surface area (TPSA) is 104 Å². The molecule has 0 aromatic carbocycles. The summed E-state index contributed by atoms with van der Waals surface area (Å²) < 4.78 is 70.5. The van der Waals surface area contributed by atoms with Crippen molar-refractivity contribution in [2.24, 2.45) is 7.05 Å². The van der Waals surface area contributed by atoms with Gasteiger partial charge >= 0.3 is 12.1 Å². The van der Waals surface area contributed by atoms with E-state index in [1.54, 1.807) is 0 Å². The quantitative estimate of drug-likeness (QED) is 0.527. The van der Waals surface area contributed by atoms with Crippen molar-refractivity contribution in [3.05, 3.63) is 41.7 Å². The first-order valence-electron chi connectivity index (χ1n) is 7.63. The van der Waals surface area contributed by atoms with Gasteiger partial charge in [-0.2, -0.15) is 13.2 Å². The van der Waals surface area contributed by atoms with Crippen molar-refractivity contribution < 1.29 is 36.1 Å². The Balaban J connectivity index is 1.97. The van der Waals surface area contributed by atoms with Crippen LogP contribution in [0.5, 0.6) is 0 Å². The van der Waals surface area contributed by atoms with Crippen LogP contribution in [0.3, 0.4) is 0 Å². The third-order valence-electron chi connectivity index (χ3n) is 3.58. The first-order chi connectivity index (χ1) is 12.6. The van der Waals surface area contributed by atoms with Gasteiger partial charge in [0.25, 0.3) is 15.8 Å². The smallest absolute Gasteiger partial charge is 0.453 e. The number of methoxy groups -OCH3 is 1. The number of nitrogens with one attached hydrogen (secondary N) is 3. The number of rotatable bonds is 7. The molecule has 3 N–H and O–H groups in total. The summed E-state index contributed by atoms with van der Waals surface area (Å²) >= 11 is 0. The fourth-order valence-corrected chi connectivity index (χ4v) is 3.49. The Labute approximate surface area is 153 Å². The highest BCUT2D eigenvalue weighted by Gasteiger charge is 2.35. The standard InChI is InChI=1S/C15H17F3N4O4S/c1-22-10(14(23)26-2)6-7-13(22)27(24,25)20-9-8-19-12-5-3-4-11(21-12)15(16,17)18/h3-7,20H,8-9H2,1-2H3,(H,19,21)/p+1. The van der Waals surface area contributed by atoms with Crippen LogP contribution in [-0.2, 0) is 28.0 Å². The molecule has 2 heterocycles. The van der Waals surface area contributed by atoms with E-state index in [1.807, 2.05) is 0 Å². The van der Waals surface area contributed by atoms with Gasteiger partial charge in [-0.25, -0.2) is 22.9 Å². The summed E-state index contributed by atoms with van der Waals surface area (Å²) in [7, 11) is -1.34. The number of hydrogen-bond donors (Lipinski definition) is 2. The molecule has 0 spiro atoms. The zero-order chi connectivity index (χ0) is 20.2. The van der Waals surface area contributed by atoms with Gasteiger partial charge in [0.15, 0.2) is 5.03 Å². The summed E-state index contributed by atoms with van der Waals surface area (Å²) in [5.74, 6) is -0.587. The van der Waals surface area contributed by atoms with Gasteiger partial charge in [0, 0.05) is 19.7 Å². The summed E-state index contributed by atoms with van der Waals surface area (Å²) in [6.07, 6.45) is -4.51. The average Bonchev–Trinajstić information content (AvgIpc) is 3.00. The Bertz CT molecular complexity index is 925. The molecule has 2 aromatic rings. The number of hydrogen-bond acceptors (Lipinski definition) is 5. The maximum Gasteiger partial charge on any atom is 0.453 e. The molecular weight excluding hydrogens is 389 g/mol. The molecule has 2 aromatic heterocycles. The number of carbonyl (C=O) groups excluding carboxylic acids is 1. The molecule has 0 saturated heterocycles. The highest BCUT2D eigenvalue weighted by molar-refractivity contribution is 7.89. The fraction of sp³-hybridized carbons (Fsp3) is 0.333. The second kappa shape index (κ2) is 7.96. The molecule has 148 valence electrons. The van der Waals surface area contributed by atoms with Crippen molar-refractivity contribution in [3.63, 3.8) is 0 Å². The molecule has 0 atom stereocenters. The van der Waals surface area contributed by atoms with Crippen molar-refractivity contribution in [2.45, 2.75) is 11.2 Å². The number of pyridine rings is 1. The predicted octanol–water partition coefficient (Wildman–Crippen LogP) is 1.03. The number of ether oxygens (including phenoxy) is 1. The SMILES string of the molecule is COC(=O)c1ccc(S(=O)(=O)NCCNc2cccc(C(F)(F)F)[nH+]2)n1C. The van der Waals surface area contributed by atoms with Crippen LogP contribution >= 0.6 is 0 Å². The number of aromatic nitrogens is 2. The first-order valence-corrected chi connectivity index (χ1v) is 9.11. The van der Waals surface area contributed by atoms with Gasteiger partial charge < -0.3 is 9.30 Å². The van der Waals surface area contributed by atoms with E-state index in [0.29, 0.717) is 0 Å².